The van der Waals surface area contributed by atoms with E-state index in [1.807, 2.05) is 13.8 Å². The second kappa shape index (κ2) is 3.44. The van der Waals surface area contributed by atoms with Gasteiger partial charge in [-0.25, -0.2) is 4.79 Å². The molecule has 78 valence electrons. The molecule has 0 unspecified atom stereocenters. The van der Waals surface area contributed by atoms with Gasteiger partial charge in [-0.15, -0.1) is 0 Å². The van der Waals surface area contributed by atoms with Gasteiger partial charge >= 0.3 is 11.9 Å². The standard InChI is InChI=1S/C10H14O4/c1-10(2)6(8(10)9(12)13)4-5-7(11)14-3/h4-6,8H,1-3H3,(H,12,13)/t6-,8-/m0/s1. The Labute approximate surface area is 82.6 Å². The topological polar surface area (TPSA) is 63.6 Å². The SMILES string of the molecule is COC(=O)C=C[C@H]1[C@@H](C(=O)O)C1(C)C. The minimum Gasteiger partial charge on any atom is -0.481 e. The van der Waals surface area contributed by atoms with Gasteiger partial charge in [0.05, 0.1) is 13.0 Å². The van der Waals surface area contributed by atoms with Crippen molar-refractivity contribution >= 4 is 11.9 Å². The number of aliphatic carboxylic acids is 1. The summed E-state index contributed by atoms with van der Waals surface area (Å²) in [5, 5.41) is 8.83. The van der Waals surface area contributed by atoms with E-state index in [0.717, 1.165) is 0 Å². The molecule has 14 heavy (non-hydrogen) atoms. The van der Waals surface area contributed by atoms with Crippen LogP contribution in [0.4, 0.5) is 0 Å². The van der Waals surface area contributed by atoms with Crippen molar-refractivity contribution in [1.29, 1.82) is 0 Å². The van der Waals surface area contributed by atoms with Crippen LogP contribution in [0.2, 0.25) is 0 Å². The summed E-state index contributed by atoms with van der Waals surface area (Å²) in [7, 11) is 1.29. The van der Waals surface area contributed by atoms with E-state index < -0.39 is 11.9 Å². The fourth-order valence-corrected chi connectivity index (χ4v) is 1.76. The summed E-state index contributed by atoms with van der Waals surface area (Å²) in [4.78, 5) is 21.5. The maximum Gasteiger partial charge on any atom is 0.330 e. The maximum absolute atomic E-state index is 10.8. The molecule has 1 aliphatic carbocycles. The average Bonchev–Trinajstić information content (AvgIpc) is 2.64. The molecule has 0 amide bonds. The molecule has 0 spiro atoms. The van der Waals surface area contributed by atoms with Gasteiger partial charge in [-0.1, -0.05) is 19.9 Å². The molecule has 1 aliphatic rings. The second-order valence-electron chi connectivity index (χ2n) is 4.05. The second-order valence-corrected chi connectivity index (χ2v) is 4.05. The number of carbonyl (C=O) groups is 2. The lowest BCUT2D eigenvalue weighted by atomic mass is 10.1. The van der Waals surface area contributed by atoms with Crippen LogP contribution in [0.3, 0.4) is 0 Å². The highest BCUT2D eigenvalue weighted by atomic mass is 16.5. The van der Waals surface area contributed by atoms with Crippen molar-refractivity contribution in [2.24, 2.45) is 17.3 Å². The molecule has 0 bridgehead atoms. The number of hydrogen-bond donors (Lipinski definition) is 1. The summed E-state index contributed by atoms with van der Waals surface area (Å²) in [5.74, 6) is -1.71. The normalized spacial score (nSPS) is 28.8. The Kier molecular flexibility index (Phi) is 2.64. The van der Waals surface area contributed by atoms with Crippen LogP contribution < -0.4 is 0 Å². The van der Waals surface area contributed by atoms with Crippen molar-refractivity contribution in [1.82, 2.24) is 0 Å². The number of allylic oxidation sites excluding steroid dienone is 1. The van der Waals surface area contributed by atoms with Gasteiger partial charge in [0, 0.05) is 6.08 Å². The van der Waals surface area contributed by atoms with Crippen LogP contribution in [0.25, 0.3) is 0 Å². The predicted octanol–water partition coefficient (Wildman–Crippen LogP) is 1.07. The highest BCUT2D eigenvalue weighted by Gasteiger charge is 2.60. The van der Waals surface area contributed by atoms with E-state index in [0.29, 0.717) is 0 Å². The lowest BCUT2D eigenvalue weighted by Crippen LogP contribution is -2.03. The Morgan fingerprint density at radius 1 is 1.43 bits per heavy atom. The fraction of sp³-hybridized carbons (Fsp3) is 0.600. The van der Waals surface area contributed by atoms with Crippen molar-refractivity contribution in [2.75, 3.05) is 7.11 Å². The molecule has 0 aromatic rings. The van der Waals surface area contributed by atoms with Crippen molar-refractivity contribution < 1.29 is 19.4 Å². The Morgan fingerprint density at radius 2 is 2.00 bits per heavy atom. The lowest BCUT2D eigenvalue weighted by molar-refractivity contribution is -0.139. The number of rotatable bonds is 3. The molecule has 4 nitrogen and oxygen atoms in total. The summed E-state index contributed by atoms with van der Waals surface area (Å²) in [6.07, 6.45) is 2.90. The fourth-order valence-electron chi connectivity index (χ4n) is 1.76. The van der Waals surface area contributed by atoms with Gasteiger partial charge in [-0.2, -0.15) is 0 Å². The number of ether oxygens (including phenoxy) is 1. The molecule has 1 saturated carbocycles. The first-order chi connectivity index (χ1) is 6.41. The largest absolute Gasteiger partial charge is 0.481 e. The molecule has 0 aliphatic heterocycles. The van der Waals surface area contributed by atoms with Crippen molar-refractivity contribution in [3.8, 4) is 0 Å². The number of carboxylic acids is 1. The summed E-state index contributed by atoms with van der Waals surface area (Å²) >= 11 is 0. The maximum atomic E-state index is 10.8. The quantitative estimate of drug-likeness (QED) is 0.544. The zero-order chi connectivity index (χ0) is 10.9. The van der Waals surface area contributed by atoms with Crippen LogP contribution in [0, 0.1) is 17.3 Å². The molecule has 0 radical (unpaired) electrons. The lowest BCUT2D eigenvalue weighted by Gasteiger charge is -1.96. The van der Waals surface area contributed by atoms with Gasteiger partial charge in [-0.05, 0) is 11.3 Å². The molecule has 1 N–H and O–H groups in total. The molecule has 4 heteroatoms. The third kappa shape index (κ3) is 1.78. The first-order valence-corrected chi connectivity index (χ1v) is 4.40. The third-order valence-electron chi connectivity index (χ3n) is 2.82. The Hall–Kier alpha value is -1.32. The van der Waals surface area contributed by atoms with Gasteiger partial charge < -0.3 is 9.84 Å². The summed E-state index contributed by atoms with van der Waals surface area (Å²) < 4.78 is 4.42. The van der Waals surface area contributed by atoms with Crippen LogP contribution in [0.5, 0.6) is 0 Å². The van der Waals surface area contributed by atoms with Crippen LogP contribution in [0.1, 0.15) is 13.8 Å². The minimum atomic E-state index is -0.811. The number of methoxy groups -OCH3 is 1. The molecule has 0 aromatic carbocycles. The molecule has 0 saturated heterocycles. The van der Waals surface area contributed by atoms with Crippen molar-refractivity contribution in [3.05, 3.63) is 12.2 Å². The Bertz CT molecular complexity index is 290. The Morgan fingerprint density at radius 3 is 2.36 bits per heavy atom. The molecule has 0 heterocycles. The predicted molar refractivity (Wildman–Crippen MR) is 49.6 cm³/mol. The van der Waals surface area contributed by atoms with Gasteiger partial charge in [0.15, 0.2) is 0 Å². The molecule has 1 fully saturated rings. The highest BCUT2D eigenvalue weighted by molar-refractivity contribution is 5.82. The van der Waals surface area contributed by atoms with Crippen LogP contribution in [0.15, 0.2) is 12.2 Å². The highest BCUT2D eigenvalue weighted by Crippen LogP contribution is 2.58. The Balaban J connectivity index is 2.61. The molecule has 1 rings (SSSR count). The molecule has 2 atom stereocenters. The van der Waals surface area contributed by atoms with Crippen LogP contribution in [-0.4, -0.2) is 24.2 Å². The monoisotopic (exact) mass is 198 g/mol. The summed E-state index contributed by atoms with van der Waals surface area (Å²) in [6, 6.07) is 0. The van der Waals surface area contributed by atoms with Crippen LogP contribution >= 0.6 is 0 Å². The van der Waals surface area contributed by atoms with Gasteiger partial charge in [0.2, 0.25) is 0 Å². The summed E-state index contributed by atoms with van der Waals surface area (Å²) in [6.45, 7) is 3.75. The van der Waals surface area contributed by atoms with E-state index in [1.165, 1.54) is 13.2 Å². The summed E-state index contributed by atoms with van der Waals surface area (Å²) in [5.41, 5.74) is -0.254. The third-order valence-corrected chi connectivity index (χ3v) is 2.82. The van der Waals surface area contributed by atoms with E-state index in [9.17, 15) is 9.59 Å². The van der Waals surface area contributed by atoms with Crippen molar-refractivity contribution in [3.63, 3.8) is 0 Å². The smallest absolute Gasteiger partial charge is 0.330 e. The van der Waals surface area contributed by atoms with Crippen molar-refractivity contribution in [2.45, 2.75) is 13.8 Å². The molecular weight excluding hydrogens is 184 g/mol. The minimum absolute atomic E-state index is 0.0703. The van der Waals surface area contributed by atoms with E-state index in [4.69, 9.17) is 5.11 Å². The van der Waals surface area contributed by atoms with Gasteiger partial charge in [0.25, 0.3) is 0 Å². The zero-order valence-electron chi connectivity index (χ0n) is 8.48. The first-order valence-electron chi connectivity index (χ1n) is 4.40. The average molecular weight is 198 g/mol. The van der Waals surface area contributed by atoms with Crippen LogP contribution in [-0.2, 0) is 14.3 Å². The number of carboxylic acid groups (broad SMARTS) is 1. The molecule has 0 aromatic heterocycles. The van der Waals surface area contributed by atoms with Gasteiger partial charge in [0.1, 0.15) is 0 Å². The van der Waals surface area contributed by atoms with E-state index in [2.05, 4.69) is 4.74 Å². The first kappa shape index (κ1) is 10.8. The van der Waals surface area contributed by atoms with E-state index in [-0.39, 0.29) is 17.3 Å². The number of carbonyl (C=O) groups excluding carboxylic acids is 1. The van der Waals surface area contributed by atoms with E-state index in [1.54, 1.807) is 6.08 Å². The van der Waals surface area contributed by atoms with Gasteiger partial charge in [-0.3, -0.25) is 4.79 Å². The number of esters is 1. The zero-order valence-corrected chi connectivity index (χ0v) is 8.48. The number of hydrogen-bond acceptors (Lipinski definition) is 3. The molecular formula is C10H14O4. The van der Waals surface area contributed by atoms with E-state index >= 15 is 0 Å².